The van der Waals surface area contributed by atoms with Crippen LogP contribution in [0.1, 0.15) is 322 Å². The second kappa shape index (κ2) is 55.5. The van der Waals surface area contributed by atoms with Crippen LogP contribution in [0.3, 0.4) is 0 Å². The fourth-order valence-electron chi connectivity index (χ4n) is 12.0. The molecule has 2 fully saturated rings. The van der Waals surface area contributed by atoms with Crippen LogP contribution in [0.4, 0.5) is 0 Å². The molecule has 0 aliphatic carbocycles. The summed E-state index contributed by atoms with van der Waals surface area (Å²) >= 11 is 0. The smallest absolute Gasteiger partial charge is 0.220 e. The molecule has 14 nitrogen and oxygen atoms in total. The van der Waals surface area contributed by atoms with Crippen molar-refractivity contribution < 1.29 is 64.6 Å². The van der Waals surface area contributed by atoms with E-state index in [1.54, 1.807) is 6.08 Å². The molecule has 0 aromatic rings. The second-order valence-corrected chi connectivity index (χ2v) is 25.4. The highest BCUT2D eigenvalue weighted by Gasteiger charge is 2.51. The zero-order valence-electron chi connectivity index (χ0n) is 53.9. The van der Waals surface area contributed by atoms with Gasteiger partial charge in [0.1, 0.15) is 48.8 Å². The van der Waals surface area contributed by atoms with Crippen LogP contribution in [0.2, 0.25) is 0 Å². The fourth-order valence-corrected chi connectivity index (χ4v) is 12.0. The van der Waals surface area contributed by atoms with Crippen LogP contribution in [0.25, 0.3) is 0 Å². The molecule has 2 aliphatic heterocycles. The van der Waals surface area contributed by atoms with E-state index in [0.717, 1.165) is 32.1 Å². The summed E-state index contributed by atoms with van der Waals surface area (Å²) < 4.78 is 22.8. The molecule has 2 rings (SSSR count). The average Bonchev–Trinajstić information content (AvgIpc) is 2.32. The van der Waals surface area contributed by atoms with E-state index in [1.165, 1.54) is 257 Å². The maximum atomic E-state index is 13.3. The van der Waals surface area contributed by atoms with Crippen LogP contribution in [0.5, 0.6) is 0 Å². The molecule has 12 unspecified atom stereocenters. The van der Waals surface area contributed by atoms with Gasteiger partial charge in [-0.3, -0.25) is 4.79 Å². The first kappa shape index (κ1) is 78.6. The van der Waals surface area contributed by atoms with Gasteiger partial charge in [-0.25, -0.2) is 0 Å². The highest BCUT2D eigenvalue weighted by atomic mass is 16.7. The number of nitrogens with one attached hydrogen (secondary N) is 1. The molecular formula is C70H133NO13. The molecule has 496 valence electrons. The number of allylic oxidation sites excluding steroid dienone is 3. The zero-order chi connectivity index (χ0) is 60.9. The van der Waals surface area contributed by atoms with E-state index >= 15 is 0 Å². The Bertz CT molecular complexity index is 1500. The topological polar surface area (TPSA) is 228 Å². The molecule has 2 heterocycles. The van der Waals surface area contributed by atoms with E-state index in [2.05, 4.69) is 31.3 Å². The van der Waals surface area contributed by atoms with Gasteiger partial charge in [0, 0.05) is 6.42 Å². The van der Waals surface area contributed by atoms with Crippen LogP contribution in [-0.4, -0.2) is 140 Å². The van der Waals surface area contributed by atoms with Crippen LogP contribution >= 0.6 is 0 Å². The van der Waals surface area contributed by atoms with Crippen molar-refractivity contribution in [3.63, 3.8) is 0 Å². The molecule has 84 heavy (non-hydrogen) atoms. The summed E-state index contributed by atoms with van der Waals surface area (Å²) in [7, 11) is 0. The minimum absolute atomic E-state index is 0.245. The number of rotatable bonds is 59. The monoisotopic (exact) mass is 1200 g/mol. The Kier molecular flexibility index (Phi) is 51.9. The third kappa shape index (κ3) is 39.5. The molecule has 0 bridgehead atoms. The van der Waals surface area contributed by atoms with E-state index in [9.17, 15) is 45.6 Å². The van der Waals surface area contributed by atoms with Crippen molar-refractivity contribution in [1.29, 1.82) is 0 Å². The summed E-state index contributed by atoms with van der Waals surface area (Å²) in [6.07, 6.45) is 53.0. The Labute approximate surface area is 513 Å². The lowest BCUT2D eigenvalue weighted by molar-refractivity contribution is -0.359. The van der Waals surface area contributed by atoms with Gasteiger partial charge in [0.15, 0.2) is 12.6 Å². The lowest BCUT2D eigenvalue weighted by Gasteiger charge is -2.46. The summed E-state index contributed by atoms with van der Waals surface area (Å²) in [4.78, 5) is 13.3. The summed E-state index contributed by atoms with van der Waals surface area (Å²) in [5, 5.41) is 87.0. The van der Waals surface area contributed by atoms with Gasteiger partial charge >= 0.3 is 0 Å². The number of amides is 1. The Morgan fingerprint density at radius 2 is 0.762 bits per heavy atom. The fraction of sp³-hybridized carbons (Fsp3) is 0.929. The van der Waals surface area contributed by atoms with Gasteiger partial charge in [-0.1, -0.05) is 308 Å². The number of carbonyl (C=O) groups is 1. The van der Waals surface area contributed by atoms with Crippen molar-refractivity contribution in [2.45, 2.75) is 396 Å². The predicted molar refractivity (Wildman–Crippen MR) is 342 cm³/mol. The van der Waals surface area contributed by atoms with E-state index < -0.39 is 86.8 Å². The number of carbonyl (C=O) groups excluding carboxylic acids is 1. The van der Waals surface area contributed by atoms with Crippen LogP contribution in [0.15, 0.2) is 24.3 Å². The minimum Gasteiger partial charge on any atom is -0.394 e. The first-order valence-corrected chi connectivity index (χ1v) is 35.6. The van der Waals surface area contributed by atoms with E-state index in [0.29, 0.717) is 12.8 Å². The molecule has 0 aromatic heterocycles. The zero-order valence-corrected chi connectivity index (χ0v) is 53.9. The number of aliphatic hydroxyl groups is 8. The number of hydrogen-bond acceptors (Lipinski definition) is 13. The largest absolute Gasteiger partial charge is 0.394 e. The van der Waals surface area contributed by atoms with E-state index in [-0.39, 0.29) is 18.9 Å². The maximum Gasteiger partial charge on any atom is 0.220 e. The maximum absolute atomic E-state index is 13.3. The molecule has 12 atom stereocenters. The Morgan fingerprint density at radius 3 is 1.17 bits per heavy atom. The molecular weight excluding hydrogens is 1060 g/mol. The summed E-state index contributed by atoms with van der Waals surface area (Å²) in [5.41, 5.74) is 0. The van der Waals surface area contributed by atoms with Crippen LogP contribution in [0, 0.1) is 0 Å². The van der Waals surface area contributed by atoms with Crippen LogP contribution < -0.4 is 5.32 Å². The third-order valence-electron chi connectivity index (χ3n) is 17.6. The quantitative estimate of drug-likeness (QED) is 0.0204. The lowest BCUT2D eigenvalue weighted by atomic mass is 9.97. The summed E-state index contributed by atoms with van der Waals surface area (Å²) in [6, 6.07) is -0.927. The van der Waals surface area contributed by atoms with Crippen molar-refractivity contribution in [2.75, 3.05) is 19.8 Å². The minimum atomic E-state index is -1.79. The molecule has 9 N–H and O–H groups in total. The van der Waals surface area contributed by atoms with Gasteiger partial charge in [-0.2, -0.15) is 0 Å². The average molecular weight is 1200 g/mol. The molecule has 0 radical (unpaired) electrons. The summed E-state index contributed by atoms with van der Waals surface area (Å²) in [5.74, 6) is -0.245. The molecule has 0 spiro atoms. The molecule has 2 aliphatic rings. The van der Waals surface area contributed by atoms with Gasteiger partial charge in [-0.15, -0.1) is 0 Å². The highest BCUT2D eigenvalue weighted by Crippen LogP contribution is 2.30. The lowest BCUT2D eigenvalue weighted by Crippen LogP contribution is -2.65. The summed E-state index contributed by atoms with van der Waals surface area (Å²) in [6.45, 7) is 2.78. The molecule has 0 aromatic carbocycles. The number of aliphatic hydroxyl groups excluding tert-OH is 8. The van der Waals surface area contributed by atoms with Gasteiger partial charge in [0.2, 0.25) is 5.91 Å². The Balaban J connectivity index is 1.52. The Morgan fingerprint density at radius 1 is 0.417 bits per heavy atom. The van der Waals surface area contributed by atoms with Gasteiger partial charge in [0.05, 0.1) is 32.0 Å². The van der Waals surface area contributed by atoms with Crippen LogP contribution in [-0.2, 0) is 23.7 Å². The number of unbranched alkanes of at least 4 members (excludes halogenated alkanes) is 44. The first-order chi connectivity index (χ1) is 41.1. The molecule has 0 saturated carbocycles. The normalized spacial score (nSPS) is 23.7. The van der Waals surface area contributed by atoms with E-state index in [1.807, 2.05) is 6.08 Å². The third-order valence-corrected chi connectivity index (χ3v) is 17.6. The first-order valence-electron chi connectivity index (χ1n) is 35.6. The van der Waals surface area contributed by atoms with Gasteiger partial charge < -0.3 is 65.1 Å². The van der Waals surface area contributed by atoms with Crippen molar-refractivity contribution in [1.82, 2.24) is 5.32 Å². The number of ether oxygens (including phenoxy) is 4. The Hall–Kier alpha value is -1.53. The number of hydrogen-bond donors (Lipinski definition) is 9. The molecule has 1 amide bonds. The predicted octanol–water partition coefficient (Wildman–Crippen LogP) is 14.3. The highest BCUT2D eigenvalue weighted by molar-refractivity contribution is 5.76. The van der Waals surface area contributed by atoms with E-state index in [4.69, 9.17) is 18.9 Å². The van der Waals surface area contributed by atoms with Gasteiger partial charge in [0.25, 0.3) is 0 Å². The van der Waals surface area contributed by atoms with Crippen molar-refractivity contribution in [2.24, 2.45) is 0 Å². The van der Waals surface area contributed by atoms with Crippen molar-refractivity contribution in [3.8, 4) is 0 Å². The second-order valence-electron chi connectivity index (χ2n) is 25.4. The molecule has 2 saturated heterocycles. The van der Waals surface area contributed by atoms with Gasteiger partial charge in [-0.05, 0) is 32.1 Å². The van der Waals surface area contributed by atoms with Crippen molar-refractivity contribution in [3.05, 3.63) is 24.3 Å². The molecule has 14 heteroatoms. The van der Waals surface area contributed by atoms with Crippen molar-refractivity contribution >= 4 is 5.91 Å². The SMILES string of the molecule is CCCCCCC/C=C/CC/C=C/C(O)C(COC1OC(CO)C(OC2OC(CO)C(O)C(O)C2O)C(O)C1O)NC(=O)CCCCCCCCCCCCCCCCCCCCCCCCCCCCCCCCCCCCCCCCC. The standard InChI is InChI=1S/C70H133NO13/c1-3-5-7-9-11-13-15-16-17-18-19-20-21-22-23-24-25-26-27-28-29-30-31-32-33-34-35-36-37-38-39-40-41-42-44-46-48-50-52-54-62(75)71-58(59(74)53-51-49-47-45-43-14-12-10-8-6-4-2)57-81-69-67(80)65(78)68(61(56-73)83-69)84-70-66(79)64(77)63(76)60(55-72)82-70/h43,45,51,53,58-61,63-70,72-74,76-80H,3-42,44,46-50,52,54-57H2,1-2H3,(H,71,75)/b45-43+,53-51+.